The number of hydrogen-bond donors (Lipinski definition) is 0. The highest BCUT2D eigenvalue weighted by molar-refractivity contribution is 6.30. The fraction of sp³-hybridized carbons (Fsp3) is 0.364. The third-order valence-electron chi connectivity index (χ3n) is 4.85. The Balaban J connectivity index is 2.04. The zero-order valence-corrected chi connectivity index (χ0v) is 17.0. The lowest BCUT2D eigenvalue weighted by molar-refractivity contribution is -0.131. The normalized spacial score (nSPS) is 12.3. The lowest BCUT2D eigenvalue weighted by Crippen LogP contribution is -2.33. The second-order valence-corrected chi connectivity index (χ2v) is 7.35. The Morgan fingerprint density at radius 2 is 1.89 bits per heavy atom. The number of nitrogens with zero attached hydrogens (tertiary/aromatic N) is 3. The van der Waals surface area contributed by atoms with Gasteiger partial charge in [-0.1, -0.05) is 43.6 Å². The van der Waals surface area contributed by atoms with E-state index in [1.54, 1.807) is 36.7 Å². The quantitative estimate of drug-likeness (QED) is 0.513. The van der Waals surface area contributed by atoms with Crippen LogP contribution in [0, 0.1) is 5.82 Å². The summed E-state index contributed by atoms with van der Waals surface area (Å²) in [4.78, 5) is 19.3. The van der Waals surface area contributed by atoms with Gasteiger partial charge in [0.1, 0.15) is 11.5 Å². The van der Waals surface area contributed by atoms with Crippen LogP contribution in [0.5, 0.6) is 0 Å². The molecule has 0 radical (unpaired) electrons. The van der Waals surface area contributed by atoms with Gasteiger partial charge in [-0.2, -0.15) is 0 Å². The van der Waals surface area contributed by atoms with Crippen LogP contribution in [0.4, 0.5) is 4.39 Å². The molecule has 6 heteroatoms. The first kappa shape index (κ1) is 20.3. The predicted octanol–water partition coefficient (Wildman–Crippen LogP) is 5.30. The van der Waals surface area contributed by atoms with E-state index in [9.17, 15) is 9.18 Å². The molecule has 0 saturated heterocycles. The molecule has 0 spiro atoms. The van der Waals surface area contributed by atoms with Crippen molar-refractivity contribution in [2.75, 3.05) is 13.1 Å². The summed E-state index contributed by atoms with van der Waals surface area (Å²) in [6, 6.07) is 10.2. The Morgan fingerprint density at radius 1 is 1.18 bits per heavy atom. The van der Waals surface area contributed by atoms with Gasteiger partial charge in [0.15, 0.2) is 0 Å². The van der Waals surface area contributed by atoms with Crippen molar-refractivity contribution in [3.8, 4) is 0 Å². The van der Waals surface area contributed by atoms with E-state index in [1.165, 1.54) is 6.07 Å². The van der Waals surface area contributed by atoms with Crippen molar-refractivity contribution in [2.24, 2.45) is 0 Å². The van der Waals surface area contributed by atoms with Crippen LogP contribution in [0.25, 0.3) is 5.65 Å². The minimum absolute atomic E-state index is 0.0222. The highest BCUT2D eigenvalue weighted by Gasteiger charge is 2.26. The average Bonchev–Trinajstić information content (AvgIpc) is 3.09. The Morgan fingerprint density at radius 3 is 2.57 bits per heavy atom. The zero-order valence-electron chi connectivity index (χ0n) is 16.2. The maximum Gasteiger partial charge on any atom is 0.223 e. The van der Waals surface area contributed by atoms with E-state index < -0.39 is 5.92 Å². The number of aromatic nitrogens is 2. The number of carbonyl (C=O) groups is 1. The molecule has 0 fully saturated rings. The van der Waals surface area contributed by atoms with Crippen molar-refractivity contribution < 1.29 is 9.18 Å². The van der Waals surface area contributed by atoms with Crippen LogP contribution < -0.4 is 0 Å². The second kappa shape index (κ2) is 9.20. The van der Waals surface area contributed by atoms with Gasteiger partial charge in [0.25, 0.3) is 0 Å². The van der Waals surface area contributed by atoms with Crippen LogP contribution in [-0.2, 0) is 4.79 Å². The van der Waals surface area contributed by atoms with Gasteiger partial charge >= 0.3 is 0 Å². The van der Waals surface area contributed by atoms with Crippen LogP contribution in [0.1, 0.15) is 50.3 Å². The maximum absolute atomic E-state index is 14.7. The van der Waals surface area contributed by atoms with E-state index in [0.29, 0.717) is 29.3 Å². The van der Waals surface area contributed by atoms with Gasteiger partial charge in [0.2, 0.25) is 5.91 Å². The number of pyridine rings is 1. The van der Waals surface area contributed by atoms with Gasteiger partial charge in [-0.15, -0.1) is 0 Å². The molecule has 0 aliphatic heterocycles. The van der Waals surface area contributed by atoms with E-state index in [-0.39, 0.29) is 18.1 Å². The molecule has 1 unspecified atom stereocenters. The topological polar surface area (TPSA) is 37.6 Å². The molecule has 0 saturated carbocycles. The molecule has 0 bridgehead atoms. The fourth-order valence-corrected chi connectivity index (χ4v) is 3.73. The number of carbonyl (C=O) groups excluding carboxylic acids is 1. The van der Waals surface area contributed by atoms with E-state index in [0.717, 1.165) is 18.5 Å². The summed E-state index contributed by atoms with van der Waals surface area (Å²) in [6.45, 7) is 5.51. The number of imidazole rings is 1. The van der Waals surface area contributed by atoms with Gasteiger partial charge in [0, 0.05) is 37.8 Å². The van der Waals surface area contributed by atoms with E-state index in [2.05, 4.69) is 18.8 Å². The molecule has 3 rings (SSSR count). The summed E-state index contributed by atoms with van der Waals surface area (Å²) in [7, 11) is 0. The van der Waals surface area contributed by atoms with Crippen LogP contribution in [-0.4, -0.2) is 33.3 Å². The number of hydrogen-bond acceptors (Lipinski definition) is 2. The Labute approximate surface area is 170 Å². The second-order valence-electron chi connectivity index (χ2n) is 6.92. The Bertz CT molecular complexity index is 950. The molecule has 1 aromatic carbocycles. The first-order valence-electron chi connectivity index (χ1n) is 9.69. The first-order valence-corrected chi connectivity index (χ1v) is 10.1. The highest BCUT2D eigenvalue weighted by Crippen LogP contribution is 2.31. The van der Waals surface area contributed by atoms with Gasteiger partial charge in [-0.05, 0) is 36.6 Å². The number of halogens is 2. The minimum atomic E-state index is -0.446. The summed E-state index contributed by atoms with van der Waals surface area (Å²) in [5, 5.41) is 0.559. The van der Waals surface area contributed by atoms with Gasteiger partial charge < -0.3 is 9.30 Å². The van der Waals surface area contributed by atoms with Crippen molar-refractivity contribution in [1.82, 2.24) is 14.3 Å². The van der Waals surface area contributed by atoms with E-state index in [4.69, 9.17) is 11.6 Å². The summed E-state index contributed by atoms with van der Waals surface area (Å²) < 4.78 is 16.5. The lowest BCUT2D eigenvalue weighted by Gasteiger charge is -2.25. The fourth-order valence-electron chi connectivity index (χ4n) is 3.57. The monoisotopic (exact) mass is 401 g/mol. The Kier molecular flexibility index (Phi) is 6.68. The molecule has 2 aromatic heterocycles. The molecular weight excluding hydrogens is 377 g/mol. The predicted molar refractivity (Wildman–Crippen MR) is 110 cm³/mol. The smallest absolute Gasteiger partial charge is 0.223 e. The molecule has 1 atom stereocenters. The molecule has 4 nitrogen and oxygen atoms in total. The number of fused-ring (bicyclic) bond motifs is 1. The summed E-state index contributed by atoms with van der Waals surface area (Å²) in [6.07, 6.45) is 5.43. The average molecular weight is 402 g/mol. The lowest BCUT2D eigenvalue weighted by atomic mass is 9.91. The maximum atomic E-state index is 14.7. The summed E-state index contributed by atoms with van der Waals surface area (Å²) in [5.41, 5.74) is 1.96. The number of rotatable bonds is 8. The summed E-state index contributed by atoms with van der Waals surface area (Å²) >= 11 is 6.17. The van der Waals surface area contributed by atoms with Crippen LogP contribution in [0.15, 0.2) is 48.8 Å². The van der Waals surface area contributed by atoms with Crippen molar-refractivity contribution in [2.45, 2.75) is 39.0 Å². The van der Waals surface area contributed by atoms with Crippen molar-refractivity contribution in [1.29, 1.82) is 0 Å². The number of benzene rings is 1. The standard InChI is InChI=1S/C22H25ClFN3O/c1-3-11-26(12-4-2)22(28)13-18(17-7-5-6-8-19(17)24)20-14-25-21-10-9-16(23)15-27(20)21/h5-10,14-15,18H,3-4,11-13H2,1-2H3. The molecule has 0 N–H and O–H groups in total. The third-order valence-corrected chi connectivity index (χ3v) is 5.08. The van der Waals surface area contributed by atoms with Gasteiger partial charge in [-0.25, -0.2) is 9.37 Å². The van der Waals surface area contributed by atoms with Crippen LogP contribution >= 0.6 is 11.6 Å². The zero-order chi connectivity index (χ0) is 20.1. The Hall–Kier alpha value is -2.40. The molecule has 2 heterocycles. The van der Waals surface area contributed by atoms with Crippen molar-refractivity contribution in [3.63, 3.8) is 0 Å². The molecule has 0 aliphatic rings. The molecule has 0 aliphatic carbocycles. The highest BCUT2D eigenvalue weighted by atomic mass is 35.5. The third kappa shape index (κ3) is 4.36. The van der Waals surface area contributed by atoms with Crippen LogP contribution in [0.2, 0.25) is 5.02 Å². The molecule has 148 valence electrons. The first-order chi connectivity index (χ1) is 13.5. The molecular formula is C22H25ClFN3O. The SMILES string of the molecule is CCCN(CCC)C(=O)CC(c1ccccc1F)c1cnc2ccc(Cl)cn12. The molecule has 28 heavy (non-hydrogen) atoms. The van der Waals surface area contributed by atoms with Gasteiger partial charge in [0.05, 0.1) is 10.7 Å². The van der Waals surface area contributed by atoms with E-state index in [1.807, 2.05) is 15.4 Å². The number of amides is 1. The van der Waals surface area contributed by atoms with Crippen molar-refractivity contribution >= 4 is 23.2 Å². The summed E-state index contributed by atoms with van der Waals surface area (Å²) in [5.74, 6) is -0.748. The van der Waals surface area contributed by atoms with Gasteiger partial charge in [-0.3, -0.25) is 4.79 Å². The molecule has 1 amide bonds. The minimum Gasteiger partial charge on any atom is -0.343 e. The van der Waals surface area contributed by atoms with Crippen LogP contribution in [0.3, 0.4) is 0 Å². The molecule has 3 aromatic rings. The largest absolute Gasteiger partial charge is 0.343 e. The van der Waals surface area contributed by atoms with Crippen molar-refractivity contribution in [3.05, 3.63) is 70.9 Å². The van der Waals surface area contributed by atoms with E-state index >= 15 is 0 Å².